The van der Waals surface area contributed by atoms with E-state index in [9.17, 15) is 4.79 Å². The lowest BCUT2D eigenvalue weighted by Crippen LogP contribution is -2.37. The maximum Gasteiger partial charge on any atom is 0.266 e. The third-order valence-corrected chi connectivity index (χ3v) is 6.33. The zero-order chi connectivity index (χ0) is 18.2. The molecule has 10 heteroatoms. The summed E-state index contributed by atoms with van der Waals surface area (Å²) in [7, 11) is 0. The number of piperidine rings is 1. The summed E-state index contributed by atoms with van der Waals surface area (Å²) in [6.07, 6.45) is 7.57. The molecule has 0 unspecified atom stereocenters. The lowest BCUT2D eigenvalue weighted by atomic mass is 9.97. The van der Waals surface area contributed by atoms with E-state index in [0.717, 1.165) is 31.1 Å². The molecule has 4 heterocycles. The van der Waals surface area contributed by atoms with Crippen molar-refractivity contribution >= 4 is 16.5 Å². The first-order valence-electron chi connectivity index (χ1n) is 9.28. The van der Waals surface area contributed by atoms with E-state index in [1.807, 2.05) is 0 Å². The molecule has 3 aromatic heterocycles. The summed E-state index contributed by atoms with van der Waals surface area (Å²) < 4.78 is 3.11. The van der Waals surface area contributed by atoms with Gasteiger partial charge in [0.15, 0.2) is 5.82 Å². The van der Waals surface area contributed by atoms with E-state index in [2.05, 4.69) is 30.3 Å². The molecule has 9 nitrogen and oxygen atoms in total. The van der Waals surface area contributed by atoms with Crippen LogP contribution in [0.5, 0.6) is 0 Å². The fraction of sp³-hybridized carbons (Fsp3) is 0.529. The van der Waals surface area contributed by atoms with Crippen LogP contribution in [0.4, 0.5) is 5.13 Å². The first-order chi connectivity index (χ1) is 13.3. The Morgan fingerprint density at radius 2 is 1.96 bits per heavy atom. The maximum atomic E-state index is 12.2. The summed E-state index contributed by atoms with van der Waals surface area (Å²) in [5.41, 5.74) is -0.0838. The average Bonchev–Trinajstić information content (AvgIpc) is 3.19. The van der Waals surface area contributed by atoms with Crippen LogP contribution in [-0.2, 0) is 6.54 Å². The summed E-state index contributed by atoms with van der Waals surface area (Å²) in [6.45, 7) is 2.52. The second kappa shape index (κ2) is 6.84. The minimum Gasteiger partial charge on any atom is -0.347 e. The van der Waals surface area contributed by atoms with Crippen molar-refractivity contribution in [2.75, 3.05) is 18.0 Å². The van der Waals surface area contributed by atoms with Gasteiger partial charge < -0.3 is 4.90 Å². The molecule has 0 spiro atoms. The van der Waals surface area contributed by atoms with Crippen LogP contribution in [0.2, 0.25) is 0 Å². The van der Waals surface area contributed by atoms with Gasteiger partial charge in [0.05, 0.1) is 0 Å². The molecule has 0 amide bonds. The normalized spacial score (nSPS) is 18.1. The summed E-state index contributed by atoms with van der Waals surface area (Å²) in [5, 5.41) is 19.5. The van der Waals surface area contributed by atoms with Crippen molar-refractivity contribution in [2.24, 2.45) is 5.92 Å². The Labute approximate surface area is 159 Å². The Morgan fingerprint density at radius 3 is 2.70 bits per heavy atom. The standard InChI is InChI=1S/C17H20N8OS/c26-15-4-3-14(25-11-18-10-19-25)22-24(15)9-12-5-7-23(8-6-12)17-21-20-16(27-17)13-1-2-13/h3-4,10-13H,1-2,5-9H2. The van der Waals surface area contributed by atoms with E-state index >= 15 is 0 Å². The smallest absolute Gasteiger partial charge is 0.266 e. The SMILES string of the molecule is O=c1ccc(-n2cncn2)nn1CC1CCN(c2nnc(C3CC3)s2)CC1. The molecule has 5 rings (SSSR count). The predicted molar refractivity (Wildman–Crippen MR) is 100 cm³/mol. The molecule has 2 aliphatic rings. The van der Waals surface area contributed by atoms with Crippen molar-refractivity contribution in [2.45, 2.75) is 38.1 Å². The fourth-order valence-corrected chi connectivity index (χ4v) is 4.48. The Hall–Kier alpha value is -2.62. The van der Waals surface area contributed by atoms with Crippen LogP contribution in [0, 0.1) is 5.92 Å². The summed E-state index contributed by atoms with van der Waals surface area (Å²) >= 11 is 1.74. The van der Waals surface area contributed by atoms with Gasteiger partial charge in [0.2, 0.25) is 5.13 Å². The van der Waals surface area contributed by atoms with Crippen LogP contribution >= 0.6 is 11.3 Å². The van der Waals surface area contributed by atoms with E-state index in [4.69, 9.17) is 0 Å². The van der Waals surface area contributed by atoms with Gasteiger partial charge in [0.1, 0.15) is 17.7 Å². The Morgan fingerprint density at radius 1 is 1.11 bits per heavy atom. The zero-order valence-corrected chi connectivity index (χ0v) is 15.6. The van der Waals surface area contributed by atoms with Crippen LogP contribution in [0.1, 0.15) is 36.6 Å². The molecule has 1 aliphatic carbocycles. The minimum absolute atomic E-state index is 0.0838. The Bertz CT molecular complexity index is 969. The molecule has 140 valence electrons. The molecule has 1 aliphatic heterocycles. The molecule has 1 saturated heterocycles. The second-order valence-corrected chi connectivity index (χ2v) is 8.17. The highest BCUT2D eigenvalue weighted by molar-refractivity contribution is 7.15. The lowest BCUT2D eigenvalue weighted by molar-refractivity contribution is 0.334. The summed E-state index contributed by atoms with van der Waals surface area (Å²) in [5.74, 6) is 1.68. The highest BCUT2D eigenvalue weighted by Gasteiger charge is 2.29. The monoisotopic (exact) mass is 384 g/mol. The van der Waals surface area contributed by atoms with Crippen molar-refractivity contribution in [3.05, 3.63) is 40.1 Å². The average molecular weight is 384 g/mol. The van der Waals surface area contributed by atoms with Crippen LogP contribution < -0.4 is 10.5 Å². The van der Waals surface area contributed by atoms with Gasteiger partial charge in [-0.1, -0.05) is 11.3 Å². The highest BCUT2D eigenvalue weighted by Crippen LogP contribution is 2.42. The number of hydrogen-bond donors (Lipinski definition) is 0. The molecule has 0 radical (unpaired) electrons. The van der Waals surface area contributed by atoms with Crippen LogP contribution in [0.25, 0.3) is 5.82 Å². The number of anilines is 1. The molecule has 1 saturated carbocycles. The number of nitrogens with zero attached hydrogens (tertiary/aromatic N) is 8. The van der Waals surface area contributed by atoms with Crippen molar-refractivity contribution < 1.29 is 0 Å². The first-order valence-corrected chi connectivity index (χ1v) is 10.1. The van der Waals surface area contributed by atoms with Crippen LogP contribution in [0.3, 0.4) is 0 Å². The third kappa shape index (κ3) is 3.48. The molecule has 3 aromatic rings. The summed E-state index contributed by atoms with van der Waals surface area (Å²) in [4.78, 5) is 18.5. The topological polar surface area (TPSA) is 94.6 Å². The minimum atomic E-state index is -0.0838. The third-order valence-electron chi connectivity index (χ3n) is 5.18. The number of aromatic nitrogens is 7. The second-order valence-electron chi connectivity index (χ2n) is 7.18. The highest BCUT2D eigenvalue weighted by atomic mass is 32.1. The van der Waals surface area contributed by atoms with Gasteiger partial charge in [0.25, 0.3) is 5.56 Å². The van der Waals surface area contributed by atoms with Crippen molar-refractivity contribution in [3.63, 3.8) is 0 Å². The predicted octanol–water partition coefficient (Wildman–Crippen LogP) is 1.47. The van der Waals surface area contributed by atoms with Gasteiger partial charge >= 0.3 is 0 Å². The fourth-order valence-electron chi connectivity index (χ4n) is 3.42. The molecule has 0 bridgehead atoms. The first kappa shape index (κ1) is 16.5. The molecule has 2 fully saturated rings. The molecule has 27 heavy (non-hydrogen) atoms. The van der Waals surface area contributed by atoms with Gasteiger partial charge in [-0.3, -0.25) is 4.79 Å². The van der Waals surface area contributed by atoms with E-state index in [0.29, 0.717) is 24.2 Å². The Balaban J connectivity index is 1.23. The summed E-state index contributed by atoms with van der Waals surface area (Å²) in [6, 6.07) is 3.21. The zero-order valence-electron chi connectivity index (χ0n) is 14.8. The van der Waals surface area contributed by atoms with Crippen molar-refractivity contribution in [1.29, 1.82) is 0 Å². The molecule has 0 atom stereocenters. The van der Waals surface area contributed by atoms with Crippen molar-refractivity contribution in [3.8, 4) is 5.82 Å². The Kier molecular flexibility index (Phi) is 4.19. The van der Waals surface area contributed by atoms with E-state index in [-0.39, 0.29) is 5.56 Å². The van der Waals surface area contributed by atoms with Gasteiger partial charge in [-0.2, -0.15) is 5.10 Å². The van der Waals surface area contributed by atoms with Crippen LogP contribution in [0.15, 0.2) is 29.6 Å². The molecular formula is C17H20N8OS. The van der Waals surface area contributed by atoms with Gasteiger partial charge in [-0.05, 0) is 37.7 Å². The lowest BCUT2D eigenvalue weighted by Gasteiger charge is -2.31. The molecular weight excluding hydrogens is 364 g/mol. The van der Waals surface area contributed by atoms with E-state index < -0.39 is 0 Å². The van der Waals surface area contributed by atoms with E-state index in [1.165, 1.54) is 24.2 Å². The number of rotatable bonds is 5. The van der Waals surface area contributed by atoms with Gasteiger partial charge in [-0.15, -0.1) is 15.3 Å². The quantitative estimate of drug-likeness (QED) is 0.657. The molecule has 0 aromatic carbocycles. The largest absolute Gasteiger partial charge is 0.347 e. The van der Waals surface area contributed by atoms with Gasteiger partial charge in [-0.25, -0.2) is 14.3 Å². The number of hydrogen-bond acceptors (Lipinski definition) is 8. The van der Waals surface area contributed by atoms with Gasteiger partial charge in [0, 0.05) is 31.6 Å². The van der Waals surface area contributed by atoms with E-state index in [1.54, 1.807) is 39.2 Å². The molecule has 0 N–H and O–H groups in total. The van der Waals surface area contributed by atoms with Crippen LogP contribution in [-0.4, -0.2) is 47.8 Å². The maximum absolute atomic E-state index is 12.2. The van der Waals surface area contributed by atoms with Crippen molar-refractivity contribution in [1.82, 2.24) is 34.7 Å².